The highest BCUT2D eigenvalue weighted by atomic mass is 16.5. The van der Waals surface area contributed by atoms with Gasteiger partial charge in [-0.1, -0.05) is 6.07 Å². The summed E-state index contributed by atoms with van der Waals surface area (Å²) in [6, 6.07) is 5.55. The van der Waals surface area contributed by atoms with E-state index in [9.17, 15) is 4.79 Å². The van der Waals surface area contributed by atoms with Gasteiger partial charge in [0, 0.05) is 25.5 Å². The van der Waals surface area contributed by atoms with E-state index in [2.05, 4.69) is 15.2 Å². The molecule has 0 saturated carbocycles. The molecule has 0 radical (unpaired) electrons. The molecule has 6 nitrogen and oxygen atoms in total. The summed E-state index contributed by atoms with van der Waals surface area (Å²) < 4.78 is 11.1. The van der Waals surface area contributed by atoms with Gasteiger partial charge < -0.3 is 14.5 Å². The van der Waals surface area contributed by atoms with E-state index < -0.39 is 0 Å². The van der Waals surface area contributed by atoms with Gasteiger partial charge in [-0.05, 0) is 31.5 Å². The van der Waals surface area contributed by atoms with Crippen LogP contribution < -0.4 is 5.32 Å². The van der Waals surface area contributed by atoms with Gasteiger partial charge in [-0.3, -0.25) is 14.7 Å². The summed E-state index contributed by atoms with van der Waals surface area (Å²) in [6.07, 6.45) is 3.48. The van der Waals surface area contributed by atoms with Gasteiger partial charge in [-0.15, -0.1) is 0 Å². The number of furan rings is 1. The third-order valence-electron chi connectivity index (χ3n) is 4.23. The van der Waals surface area contributed by atoms with Gasteiger partial charge in [0.05, 0.1) is 31.4 Å². The van der Waals surface area contributed by atoms with Crippen LogP contribution in [-0.4, -0.2) is 42.1 Å². The molecule has 1 saturated heterocycles. The highest BCUT2D eigenvalue weighted by molar-refractivity contribution is 5.95. The van der Waals surface area contributed by atoms with E-state index in [0.717, 1.165) is 37.6 Å². The molecule has 2 aromatic rings. The van der Waals surface area contributed by atoms with Crippen LogP contribution in [0.4, 0.5) is 0 Å². The van der Waals surface area contributed by atoms with Crippen LogP contribution in [0.3, 0.4) is 0 Å². The molecule has 1 fully saturated rings. The Bertz CT molecular complexity index is 678. The van der Waals surface area contributed by atoms with Gasteiger partial charge >= 0.3 is 0 Å². The van der Waals surface area contributed by atoms with E-state index in [4.69, 9.17) is 9.15 Å². The van der Waals surface area contributed by atoms with Crippen LogP contribution in [-0.2, 0) is 11.3 Å². The number of carbonyl (C=O) groups is 1. The smallest absolute Gasteiger partial charge is 0.255 e. The molecule has 2 aromatic heterocycles. The Balaban J connectivity index is 1.64. The number of pyridine rings is 1. The van der Waals surface area contributed by atoms with E-state index in [1.807, 2.05) is 32.0 Å². The van der Waals surface area contributed by atoms with Crippen LogP contribution in [0.2, 0.25) is 0 Å². The van der Waals surface area contributed by atoms with Crippen molar-refractivity contribution in [1.82, 2.24) is 15.2 Å². The molecule has 1 amide bonds. The Kier molecular flexibility index (Phi) is 5.27. The molecule has 3 rings (SSSR count). The lowest BCUT2D eigenvalue weighted by Gasteiger charge is -2.25. The second kappa shape index (κ2) is 7.59. The fourth-order valence-electron chi connectivity index (χ4n) is 2.82. The normalized spacial score (nSPS) is 16.8. The maximum absolute atomic E-state index is 12.5. The van der Waals surface area contributed by atoms with Crippen molar-refractivity contribution in [3.05, 3.63) is 53.2 Å². The number of hydrogen-bond donors (Lipinski definition) is 1. The molecule has 6 heteroatoms. The van der Waals surface area contributed by atoms with E-state index in [1.165, 1.54) is 0 Å². The number of nitrogens with zero attached hydrogens (tertiary/aromatic N) is 2. The zero-order valence-electron chi connectivity index (χ0n) is 14.1. The largest absolute Gasteiger partial charge is 0.464 e. The maximum atomic E-state index is 12.5. The molecule has 0 aromatic carbocycles. The molecule has 0 spiro atoms. The quantitative estimate of drug-likeness (QED) is 0.912. The van der Waals surface area contributed by atoms with Crippen molar-refractivity contribution in [1.29, 1.82) is 0 Å². The van der Waals surface area contributed by atoms with Crippen molar-refractivity contribution in [2.75, 3.05) is 26.3 Å². The molecule has 1 unspecified atom stereocenters. The standard InChI is InChI=1S/C18H23N3O3/c1-13(15-4-3-5-19-11-15)20-18(22)17-10-16(24-14(17)2)12-21-6-8-23-9-7-21/h3-5,10-11,13H,6-9,12H2,1-2H3,(H,20,22). The molecule has 0 aliphatic carbocycles. The molecular formula is C18H23N3O3. The first kappa shape index (κ1) is 16.7. The maximum Gasteiger partial charge on any atom is 0.255 e. The average molecular weight is 329 g/mol. The van der Waals surface area contributed by atoms with Gasteiger partial charge in [-0.2, -0.15) is 0 Å². The third-order valence-corrected chi connectivity index (χ3v) is 4.23. The summed E-state index contributed by atoms with van der Waals surface area (Å²) >= 11 is 0. The first-order valence-corrected chi connectivity index (χ1v) is 8.23. The van der Waals surface area contributed by atoms with Crippen molar-refractivity contribution >= 4 is 5.91 Å². The molecule has 128 valence electrons. The Hall–Kier alpha value is -2.18. The zero-order chi connectivity index (χ0) is 16.9. The molecular weight excluding hydrogens is 306 g/mol. The predicted molar refractivity (Wildman–Crippen MR) is 89.7 cm³/mol. The van der Waals surface area contributed by atoms with Crippen molar-refractivity contribution in [2.24, 2.45) is 0 Å². The number of carbonyl (C=O) groups excluding carboxylic acids is 1. The lowest BCUT2D eigenvalue weighted by Crippen LogP contribution is -2.35. The molecule has 24 heavy (non-hydrogen) atoms. The van der Waals surface area contributed by atoms with Crippen molar-refractivity contribution in [3.63, 3.8) is 0 Å². The molecule has 0 bridgehead atoms. The lowest BCUT2D eigenvalue weighted by molar-refractivity contribution is 0.0312. The van der Waals surface area contributed by atoms with Gasteiger partial charge in [-0.25, -0.2) is 0 Å². The van der Waals surface area contributed by atoms with Gasteiger partial charge in [0.1, 0.15) is 11.5 Å². The number of aryl methyl sites for hydroxylation is 1. The molecule has 1 aliphatic heterocycles. The minimum Gasteiger partial charge on any atom is -0.464 e. The van der Waals surface area contributed by atoms with Crippen molar-refractivity contribution in [2.45, 2.75) is 26.4 Å². The van der Waals surface area contributed by atoms with E-state index in [1.54, 1.807) is 12.4 Å². The monoisotopic (exact) mass is 329 g/mol. The van der Waals surface area contributed by atoms with Crippen LogP contribution in [0.25, 0.3) is 0 Å². The Morgan fingerprint density at radius 3 is 2.92 bits per heavy atom. The molecule has 1 N–H and O–H groups in total. The highest BCUT2D eigenvalue weighted by Gasteiger charge is 2.19. The van der Waals surface area contributed by atoms with Gasteiger partial charge in [0.2, 0.25) is 0 Å². The predicted octanol–water partition coefficient (Wildman–Crippen LogP) is 2.31. The zero-order valence-corrected chi connectivity index (χ0v) is 14.1. The summed E-state index contributed by atoms with van der Waals surface area (Å²) in [6.45, 7) is 7.74. The van der Waals surface area contributed by atoms with Gasteiger partial charge in [0.25, 0.3) is 5.91 Å². The minimum atomic E-state index is -0.124. The fourth-order valence-corrected chi connectivity index (χ4v) is 2.82. The van der Waals surface area contributed by atoms with Crippen molar-refractivity contribution in [3.8, 4) is 0 Å². The van der Waals surface area contributed by atoms with Crippen LogP contribution in [0.5, 0.6) is 0 Å². The Labute approximate surface area is 141 Å². The molecule has 3 heterocycles. The number of aromatic nitrogens is 1. The van der Waals surface area contributed by atoms with E-state index in [-0.39, 0.29) is 11.9 Å². The Morgan fingerprint density at radius 1 is 1.42 bits per heavy atom. The number of amides is 1. The number of hydrogen-bond acceptors (Lipinski definition) is 5. The van der Waals surface area contributed by atoms with Crippen LogP contribution in [0, 0.1) is 6.92 Å². The fraction of sp³-hybridized carbons (Fsp3) is 0.444. The number of nitrogens with one attached hydrogen (secondary N) is 1. The summed E-state index contributed by atoms with van der Waals surface area (Å²) in [4.78, 5) is 18.9. The highest BCUT2D eigenvalue weighted by Crippen LogP contribution is 2.19. The summed E-state index contributed by atoms with van der Waals surface area (Å²) in [5.74, 6) is 1.34. The van der Waals surface area contributed by atoms with Crippen LogP contribution >= 0.6 is 0 Å². The summed E-state index contributed by atoms with van der Waals surface area (Å²) in [5.41, 5.74) is 1.56. The Morgan fingerprint density at radius 2 is 2.21 bits per heavy atom. The van der Waals surface area contributed by atoms with Crippen LogP contribution in [0.15, 0.2) is 35.0 Å². The number of morpholine rings is 1. The number of ether oxygens (including phenoxy) is 1. The summed E-state index contributed by atoms with van der Waals surface area (Å²) in [7, 11) is 0. The van der Waals surface area contributed by atoms with E-state index >= 15 is 0 Å². The topological polar surface area (TPSA) is 67.6 Å². The molecule has 1 atom stereocenters. The van der Waals surface area contributed by atoms with Gasteiger partial charge in [0.15, 0.2) is 0 Å². The summed E-state index contributed by atoms with van der Waals surface area (Å²) in [5, 5.41) is 3.00. The first-order chi connectivity index (χ1) is 11.6. The average Bonchev–Trinajstić information content (AvgIpc) is 2.97. The van der Waals surface area contributed by atoms with Crippen LogP contribution in [0.1, 0.15) is 40.4 Å². The SMILES string of the molecule is Cc1oc(CN2CCOCC2)cc1C(=O)NC(C)c1cccnc1. The lowest BCUT2D eigenvalue weighted by atomic mass is 10.1. The third kappa shape index (κ3) is 4.01. The van der Waals surface area contributed by atoms with E-state index in [0.29, 0.717) is 17.9 Å². The second-order valence-corrected chi connectivity index (χ2v) is 6.05. The first-order valence-electron chi connectivity index (χ1n) is 8.23. The minimum absolute atomic E-state index is 0.108. The molecule has 1 aliphatic rings. The van der Waals surface area contributed by atoms with Crippen molar-refractivity contribution < 1.29 is 13.9 Å². The second-order valence-electron chi connectivity index (χ2n) is 6.05. The number of rotatable bonds is 5.